The van der Waals surface area contributed by atoms with Crippen LogP contribution in [0.25, 0.3) is 0 Å². The van der Waals surface area contributed by atoms with Crippen molar-refractivity contribution in [2.75, 3.05) is 6.61 Å². The maximum Gasteiger partial charge on any atom is 0.264 e. The minimum absolute atomic E-state index is 0.0621. The molecule has 2 rings (SSSR count). The summed E-state index contributed by atoms with van der Waals surface area (Å²) in [5.41, 5.74) is 2.04. The maximum atomic E-state index is 12.4. The third-order valence-corrected chi connectivity index (χ3v) is 3.88. The lowest BCUT2D eigenvalue weighted by Gasteiger charge is -2.11. The van der Waals surface area contributed by atoms with Crippen LogP contribution in [0.4, 0.5) is 0 Å². The number of benzene rings is 1. The Kier molecular flexibility index (Phi) is 5.96. The molecule has 0 saturated heterocycles. The lowest BCUT2D eigenvalue weighted by molar-refractivity contribution is 0.0948. The summed E-state index contributed by atoms with van der Waals surface area (Å²) in [7, 11) is 0. The first kappa shape index (κ1) is 18.7. The van der Waals surface area contributed by atoms with Gasteiger partial charge in [0, 0.05) is 12.5 Å². The van der Waals surface area contributed by atoms with Crippen molar-refractivity contribution < 1.29 is 9.53 Å². The van der Waals surface area contributed by atoms with Crippen molar-refractivity contribution in [3.63, 3.8) is 0 Å². The normalized spacial score (nSPS) is 10.8. The Labute approximate surface area is 147 Å². The number of ether oxygens (including phenoxy) is 1. The van der Waals surface area contributed by atoms with E-state index in [1.165, 1.54) is 0 Å². The number of rotatable bonds is 6. The molecule has 6 heteroatoms. The largest absolute Gasteiger partial charge is 0.494 e. The molecule has 1 aromatic carbocycles. The average molecular weight is 343 g/mol. The molecule has 0 bridgehead atoms. The van der Waals surface area contributed by atoms with Gasteiger partial charge in [-0.05, 0) is 38.0 Å². The van der Waals surface area contributed by atoms with Crippen LogP contribution in [0.2, 0.25) is 0 Å². The van der Waals surface area contributed by atoms with Gasteiger partial charge in [-0.25, -0.2) is 4.98 Å². The molecule has 0 aliphatic heterocycles. The molecule has 0 spiro atoms. The molecule has 6 nitrogen and oxygen atoms in total. The van der Waals surface area contributed by atoms with Crippen molar-refractivity contribution in [1.29, 1.82) is 0 Å². The first-order valence-electron chi connectivity index (χ1n) is 8.44. The Morgan fingerprint density at radius 1 is 1.32 bits per heavy atom. The zero-order chi connectivity index (χ0) is 18.6. The molecule has 2 N–H and O–H groups in total. The van der Waals surface area contributed by atoms with Crippen LogP contribution in [-0.2, 0) is 6.54 Å². The number of hydrogen-bond acceptors (Lipinski definition) is 4. The number of carbonyl (C=O) groups excluding carboxylic acids is 1. The maximum absolute atomic E-state index is 12.4. The van der Waals surface area contributed by atoms with Gasteiger partial charge in [0.05, 0.1) is 12.3 Å². The third-order valence-electron chi connectivity index (χ3n) is 3.88. The van der Waals surface area contributed by atoms with Crippen LogP contribution in [0.1, 0.15) is 59.7 Å². The molecule has 0 saturated carbocycles. The molecule has 0 unspecified atom stereocenters. The van der Waals surface area contributed by atoms with Gasteiger partial charge in [0.15, 0.2) is 0 Å². The quantitative estimate of drug-likeness (QED) is 0.845. The van der Waals surface area contributed by atoms with E-state index in [2.05, 4.69) is 15.3 Å². The van der Waals surface area contributed by atoms with E-state index in [0.717, 1.165) is 16.9 Å². The topological polar surface area (TPSA) is 84.1 Å². The van der Waals surface area contributed by atoms with Crippen LogP contribution in [0, 0.1) is 13.8 Å². The Morgan fingerprint density at radius 2 is 2.04 bits per heavy atom. The summed E-state index contributed by atoms with van der Waals surface area (Å²) in [6.07, 6.45) is 0. The molecule has 1 aromatic heterocycles. The minimum atomic E-state index is -0.423. The number of aromatic nitrogens is 2. The first-order valence-corrected chi connectivity index (χ1v) is 8.44. The standard InChI is InChI=1S/C19H25N3O3/c1-6-25-15-8-7-14(9-12(15)4)10-20-18(23)16-13(5)21-17(11(2)3)22-19(16)24/h7-9,11H,6,10H2,1-5H3,(H,20,23)(H,21,22,24). The van der Waals surface area contributed by atoms with Crippen molar-refractivity contribution in [3.05, 3.63) is 56.8 Å². The summed E-state index contributed by atoms with van der Waals surface area (Å²) < 4.78 is 5.51. The molecule has 134 valence electrons. The van der Waals surface area contributed by atoms with E-state index in [0.29, 0.717) is 24.7 Å². The van der Waals surface area contributed by atoms with Crippen LogP contribution in [0.5, 0.6) is 5.75 Å². The van der Waals surface area contributed by atoms with Gasteiger partial charge in [0.2, 0.25) is 0 Å². The molecule has 0 aliphatic carbocycles. The summed E-state index contributed by atoms with van der Waals surface area (Å²) in [6, 6.07) is 5.75. The van der Waals surface area contributed by atoms with Gasteiger partial charge in [0.25, 0.3) is 11.5 Å². The smallest absolute Gasteiger partial charge is 0.264 e. The highest BCUT2D eigenvalue weighted by Crippen LogP contribution is 2.19. The highest BCUT2D eigenvalue weighted by Gasteiger charge is 2.17. The van der Waals surface area contributed by atoms with Crippen molar-refractivity contribution in [1.82, 2.24) is 15.3 Å². The second kappa shape index (κ2) is 7.96. The van der Waals surface area contributed by atoms with Gasteiger partial charge < -0.3 is 15.0 Å². The number of aryl methyl sites for hydroxylation is 2. The number of nitrogens with one attached hydrogen (secondary N) is 2. The van der Waals surface area contributed by atoms with Crippen LogP contribution < -0.4 is 15.6 Å². The molecule has 2 aromatic rings. The summed E-state index contributed by atoms with van der Waals surface area (Å²) in [5, 5.41) is 2.78. The molecule has 0 atom stereocenters. The second-order valence-electron chi connectivity index (χ2n) is 6.28. The minimum Gasteiger partial charge on any atom is -0.494 e. The zero-order valence-electron chi connectivity index (χ0n) is 15.4. The number of amides is 1. The van der Waals surface area contributed by atoms with E-state index in [9.17, 15) is 9.59 Å². The Balaban J connectivity index is 2.13. The van der Waals surface area contributed by atoms with Crippen molar-refractivity contribution >= 4 is 5.91 Å². The number of hydrogen-bond donors (Lipinski definition) is 2. The molecule has 0 radical (unpaired) electrons. The summed E-state index contributed by atoms with van der Waals surface area (Å²) in [4.78, 5) is 31.6. The Bertz CT molecular complexity index is 825. The van der Waals surface area contributed by atoms with Crippen molar-refractivity contribution in [2.24, 2.45) is 0 Å². The molecule has 1 heterocycles. The monoisotopic (exact) mass is 343 g/mol. The van der Waals surface area contributed by atoms with Crippen molar-refractivity contribution in [2.45, 2.75) is 47.1 Å². The van der Waals surface area contributed by atoms with Crippen molar-refractivity contribution in [3.8, 4) is 5.75 Å². The predicted octanol–water partition coefficient (Wildman–Crippen LogP) is 2.84. The Hall–Kier alpha value is -2.63. The third kappa shape index (κ3) is 4.47. The molecular formula is C19H25N3O3. The molecule has 25 heavy (non-hydrogen) atoms. The lowest BCUT2D eigenvalue weighted by atomic mass is 10.1. The molecule has 0 aliphatic rings. The summed E-state index contributed by atoms with van der Waals surface area (Å²) in [5.74, 6) is 1.09. The fourth-order valence-electron chi connectivity index (χ4n) is 2.56. The van der Waals surface area contributed by atoms with Gasteiger partial charge >= 0.3 is 0 Å². The van der Waals surface area contributed by atoms with Crippen LogP contribution in [0.15, 0.2) is 23.0 Å². The van der Waals surface area contributed by atoms with E-state index in [1.807, 2.05) is 45.9 Å². The van der Waals surface area contributed by atoms with E-state index < -0.39 is 11.5 Å². The number of nitrogens with zero attached hydrogens (tertiary/aromatic N) is 1. The van der Waals surface area contributed by atoms with E-state index in [4.69, 9.17) is 4.74 Å². The summed E-state index contributed by atoms with van der Waals surface area (Å²) in [6.45, 7) is 10.4. The first-order chi connectivity index (χ1) is 11.8. The molecule has 1 amide bonds. The van der Waals surface area contributed by atoms with Gasteiger partial charge in [-0.3, -0.25) is 9.59 Å². The van der Waals surface area contributed by atoms with E-state index in [1.54, 1.807) is 6.92 Å². The second-order valence-corrected chi connectivity index (χ2v) is 6.28. The number of aromatic amines is 1. The van der Waals surface area contributed by atoms with Gasteiger partial charge in [0.1, 0.15) is 17.1 Å². The lowest BCUT2D eigenvalue weighted by Crippen LogP contribution is -2.32. The van der Waals surface area contributed by atoms with Crippen LogP contribution in [-0.4, -0.2) is 22.5 Å². The van der Waals surface area contributed by atoms with Crippen LogP contribution in [0.3, 0.4) is 0 Å². The number of H-pyrrole nitrogens is 1. The predicted molar refractivity (Wildman–Crippen MR) is 97.2 cm³/mol. The van der Waals surface area contributed by atoms with Gasteiger partial charge in [-0.1, -0.05) is 26.0 Å². The summed E-state index contributed by atoms with van der Waals surface area (Å²) >= 11 is 0. The van der Waals surface area contributed by atoms with Crippen LogP contribution >= 0.6 is 0 Å². The van der Waals surface area contributed by atoms with E-state index >= 15 is 0 Å². The average Bonchev–Trinajstić information content (AvgIpc) is 2.54. The molecular weight excluding hydrogens is 318 g/mol. The zero-order valence-corrected chi connectivity index (χ0v) is 15.4. The van der Waals surface area contributed by atoms with Gasteiger partial charge in [-0.2, -0.15) is 0 Å². The highest BCUT2D eigenvalue weighted by atomic mass is 16.5. The fourth-order valence-corrected chi connectivity index (χ4v) is 2.56. The fraction of sp³-hybridized carbons (Fsp3) is 0.421. The molecule has 0 fully saturated rings. The number of carbonyl (C=O) groups is 1. The van der Waals surface area contributed by atoms with E-state index in [-0.39, 0.29) is 11.5 Å². The Morgan fingerprint density at radius 3 is 2.60 bits per heavy atom. The SMILES string of the molecule is CCOc1ccc(CNC(=O)c2c(C)nc(C(C)C)[nH]c2=O)cc1C. The highest BCUT2D eigenvalue weighted by molar-refractivity contribution is 5.94. The van der Waals surface area contributed by atoms with Gasteiger partial charge in [-0.15, -0.1) is 0 Å².